The first kappa shape index (κ1) is 13.1. The molecule has 0 spiro atoms. The third kappa shape index (κ3) is 2.29. The van der Waals surface area contributed by atoms with Crippen LogP contribution in [0.1, 0.15) is 13.3 Å². The molecule has 5 nitrogen and oxygen atoms in total. The van der Waals surface area contributed by atoms with Gasteiger partial charge in [0.25, 0.3) is 5.91 Å². The Bertz CT molecular complexity index is 536. The fourth-order valence-electron chi connectivity index (χ4n) is 2.60. The number of carbonyl (C=O) groups is 2. The van der Waals surface area contributed by atoms with E-state index in [0.29, 0.717) is 24.7 Å². The number of hydrogen-bond donors (Lipinski definition) is 0. The van der Waals surface area contributed by atoms with Gasteiger partial charge in [-0.15, -0.1) is 0 Å². The zero-order valence-corrected chi connectivity index (χ0v) is 11.4. The van der Waals surface area contributed by atoms with E-state index in [9.17, 15) is 9.59 Å². The van der Waals surface area contributed by atoms with Gasteiger partial charge in [0.1, 0.15) is 5.75 Å². The van der Waals surface area contributed by atoms with Gasteiger partial charge in [0.15, 0.2) is 11.9 Å². The van der Waals surface area contributed by atoms with Gasteiger partial charge in [-0.1, -0.05) is 12.1 Å². The molecule has 0 aromatic heterocycles. The highest BCUT2D eigenvalue weighted by molar-refractivity contribution is 6.04. The van der Waals surface area contributed by atoms with Crippen LogP contribution in [0.25, 0.3) is 0 Å². The number of fused-ring (bicyclic) bond motifs is 1. The summed E-state index contributed by atoms with van der Waals surface area (Å²) < 4.78 is 10.8. The standard InChI is InChI=1S/C15H17NO4/c1-10-15(18)16(8-13(17)11-6-7-19-9-11)12-4-2-3-5-14(12)20-10/h2-5,10-11H,6-9H2,1H3. The van der Waals surface area contributed by atoms with Crippen LogP contribution in [0, 0.1) is 5.92 Å². The normalized spacial score (nSPS) is 25.2. The van der Waals surface area contributed by atoms with Crippen LogP contribution in [0.3, 0.4) is 0 Å². The summed E-state index contributed by atoms with van der Waals surface area (Å²) in [5.41, 5.74) is 0.669. The molecular weight excluding hydrogens is 258 g/mol. The molecule has 0 radical (unpaired) electrons. The molecule has 2 unspecified atom stereocenters. The molecule has 2 atom stereocenters. The summed E-state index contributed by atoms with van der Waals surface area (Å²) >= 11 is 0. The van der Waals surface area contributed by atoms with Crippen molar-refractivity contribution < 1.29 is 19.1 Å². The van der Waals surface area contributed by atoms with Crippen LogP contribution >= 0.6 is 0 Å². The zero-order valence-electron chi connectivity index (χ0n) is 11.4. The maximum atomic E-state index is 12.3. The van der Waals surface area contributed by atoms with Crippen molar-refractivity contribution in [1.82, 2.24) is 0 Å². The van der Waals surface area contributed by atoms with Crippen molar-refractivity contribution in [2.75, 3.05) is 24.7 Å². The number of rotatable bonds is 3. The Morgan fingerprint density at radius 3 is 2.95 bits per heavy atom. The van der Waals surface area contributed by atoms with Crippen molar-refractivity contribution in [2.24, 2.45) is 5.92 Å². The van der Waals surface area contributed by atoms with E-state index < -0.39 is 6.10 Å². The Labute approximate surface area is 117 Å². The predicted octanol–water partition coefficient (Wildman–Crippen LogP) is 1.41. The van der Waals surface area contributed by atoms with Crippen molar-refractivity contribution in [3.05, 3.63) is 24.3 Å². The Hall–Kier alpha value is -1.88. The molecule has 1 fully saturated rings. The molecule has 2 aliphatic rings. The number of amides is 1. The second-order valence-electron chi connectivity index (χ2n) is 5.18. The number of para-hydroxylation sites is 2. The van der Waals surface area contributed by atoms with E-state index in [1.165, 1.54) is 4.90 Å². The molecule has 2 aliphatic heterocycles. The van der Waals surface area contributed by atoms with Crippen molar-refractivity contribution >= 4 is 17.4 Å². The van der Waals surface area contributed by atoms with E-state index in [4.69, 9.17) is 9.47 Å². The molecule has 1 amide bonds. The molecule has 0 aliphatic carbocycles. The number of carbonyl (C=O) groups excluding carboxylic acids is 2. The molecule has 2 heterocycles. The third-order valence-electron chi connectivity index (χ3n) is 3.77. The van der Waals surface area contributed by atoms with Crippen LogP contribution in [0.4, 0.5) is 5.69 Å². The lowest BCUT2D eigenvalue weighted by molar-refractivity contribution is -0.128. The fourth-order valence-corrected chi connectivity index (χ4v) is 2.60. The average Bonchev–Trinajstić information content (AvgIpc) is 2.98. The third-order valence-corrected chi connectivity index (χ3v) is 3.77. The molecule has 106 valence electrons. The maximum Gasteiger partial charge on any atom is 0.268 e. The van der Waals surface area contributed by atoms with Crippen molar-refractivity contribution in [1.29, 1.82) is 0 Å². The molecule has 5 heteroatoms. The summed E-state index contributed by atoms with van der Waals surface area (Å²) in [5, 5.41) is 0. The number of ketones is 1. The Balaban J connectivity index is 1.83. The SMILES string of the molecule is CC1Oc2ccccc2N(CC(=O)C2CCOC2)C1=O. The van der Waals surface area contributed by atoms with E-state index >= 15 is 0 Å². The van der Waals surface area contributed by atoms with Gasteiger partial charge in [-0.2, -0.15) is 0 Å². The lowest BCUT2D eigenvalue weighted by atomic mass is 10.0. The average molecular weight is 275 g/mol. The van der Waals surface area contributed by atoms with E-state index in [2.05, 4.69) is 0 Å². The predicted molar refractivity (Wildman–Crippen MR) is 72.8 cm³/mol. The first-order valence-corrected chi connectivity index (χ1v) is 6.84. The van der Waals surface area contributed by atoms with Gasteiger partial charge in [-0.3, -0.25) is 14.5 Å². The summed E-state index contributed by atoms with van der Waals surface area (Å²) in [7, 11) is 0. The van der Waals surface area contributed by atoms with Crippen LogP contribution in [0.5, 0.6) is 5.75 Å². The molecule has 3 rings (SSSR count). The fraction of sp³-hybridized carbons (Fsp3) is 0.467. The number of Topliss-reactive ketones (excluding diaryl/α,β-unsaturated/α-hetero) is 1. The highest BCUT2D eigenvalue weighted by Crippen LogP contribution is 2.33. The first-order valence-electron chi connectivity index (χ1n) is 6.84. The largest absolute Gasteiger partial charge is 0.479 e. The minimum absolute atomic E-state index is 0.0553. The minimum Gasteiger partial charge on any atom is -0.479 e. The van der Waals surface area contributed by atoms with Gasteiger partial charge >= 0.3 is 0 Å². The number of benzene rings is 1. The highest BCUT2D eigenvalue weighted by atomic mass is 16.5. The van der Waals surface area contributed by atoms with E-state index in [1.54, 1.807) is 13.0 Å². The smallest absolute Gasteiger partial charge is 0.268 e. The number of nitrogens with zero attached hydrogens (tertiary/aromatic N) is 1. The summed E-state index contributed by atoms with van der Waals surface area (Å²) in [5.74, 6) is 0.443. The molecule has 1 aromatic rings. The van der Waals surface area contributed by atoms with Crippen LogP contribution in [-0.4, -0.2) is 37.6 Å². The van der Waals surface area contributed by atoms with Crippen LogP contribution in [-0.2, 0) is 14.3 Å². The molecule has 1 saturated heterocycles. The molecule has 1 aromatic carbocycles. The van der Waals surface area contributed by atoms with E-state index in [1.807, 2.05) is 18.2 Å². The van der Waals surface area contributed by atoms with E-state index in [-0.39, 0.29) is 24.2 Å². The maximum absolute atomic E-state index is 12.3. The lowest BCUT2D eigenvalue weighted by Gasteiger charge is -2.32. The van der Waals surface area contributed by atoms with E-state index in [0.717, 1.165) is 6.42 Å². The molecule has 0 saturated carbocycles. The minimum atomic E-state index is -0.558. The summed E-state index contributed by atoms with van der Waals surface area (Å²) in [6.45, 7) is 2.89. The molecule has 20 heavy (non-hydrogen) atoms. The monoisotopic (exact) mass is 275 g/mol. The Morgan fingerprint density at radius 1 is 1.40 bits per heavy atom. The number of ether oxygens (including phenoxy) is 2. The van der Waals surface area contributed by atoms with Crippen molar-refractivity contribution in [3.63, 3.8) is 0 Å². The first-order chi connectivity index (χ1) is 9.66. The lowest BCUT2D eigenvalue weighted by Crippen LogP contribution is -2.47. The van der Waals surface area contributed by atoms with Gasteiger partial charge in [0.05, 0.1) is 18.8 Å². The molecule has 0 N–H and O–H groups in total. The van der Waals surface area contributed by atoms with Gasteiger partial charge in [0.2, 0.25) is 0 Å². The van der Waals surface area contributed by atoms with Gasteiger partial charge < -0.3 is 9.47 Å². The quantitative estimate of drug-likeness (QED) is 0.837. The summed E-state index contributed by atoms with van der Waals surface area (Å²) in [6.07, 6.45) is 0.187. The Kier molecular flexibility index (Phi) is 3.44. The second-order valence-corrected chi connectivity index (χ2v) is 5.18. The second kappa shape index (κ2) is 5.25. The zero-order chi connectivity index (χ0) is 14.1. The summed E-state index contributed by atoms with van der Waals surface area (Å²) in [4.78, 5) is 26.0. The van der Waals surface area contributed by atoms with Crippen LogP contribution in [0.2, 0.25) is 0 Å². The summed E-state index contributed by atoms with van der Waals surface area (Å²) in [6, 6.07) is 7.31. The van der Waals surface area contributed by atoms with Crippen LogP contribution < -0.4 is 9.64 Å². The van der Waals surface area contributed by atoms with Gasteiger partial charge in [-0.05, 0) is 25.5 Å². The topological polar surface area (TPSA) is 55.8 Å². The van der Waals surface area contributed by atoms with Gasteiger partial charge in [-0.25, -0.2) is 0 Å². The van der Waals surface area contributed by atoms with Crippen molar-refractivity contribution in [2.45, 2.75) is 19.4 Å². The molecule has 0 bridgehead atoms. The van der Waals surface area contributed by atoms with Gasteiger partial charge in [0, 0.05) is 12.5 Å². The number of hydrogen-bond acceptors (Lipinski definition) is 4. The number of anilines is 1. The molecular formula is C15H17NO4. The van der Waals surface area contributed by atoms with Crippen molar-refractivity contribution in [3.8, 4) is 5.75 Å². The van der Waals surface area contributed by atoms with Crippen LogP contribution in [0.15, 0.2) is 24.3 Å². The Morgan fingerprint density at radius 2 is 2.20 bits per heavy atom. The highest BCUT2D eigenvalue weighted by Gasteiger charge is 2.34.